The van der Waals surface area contributed by atoms with E-state index in [9.17, 15) is 22.1 Å². The first-order valence-corrected chi connectivity index (χ1v) is 12.5. The average Bonchev–Trinajstić information content (AvgIpc) is 3.19. The number of hydrogen-bond acceptors (Lipinski definition) is 3. The topological polar surface area (TPSA) is 62.5 Å². The number of aryl methyl sites for hydroxylation is 1. The third-order valence-corrected chi connectivity index (χ3v) is 8.58. The van der Waals surface area contributed by atoms with Crippen LogP contribution in [0.4, 0.5) is 29.1 Å². The first-order valence-electron chi connectivity index (χ1n) is 10.9. The number of nitrogens with zero attached hydrogens (tertiary/aromatic N) is 4. The highest BCUT2D eigenvalue weighted by atomic mass is 31.2. The Bertz CT molecular complexity index is 1530. The first-order chi connectivity index (χ1) is 17.1. The van der Waals surface area contributed by atoms with Gasteiger partial charge >= 0.3 is 6.18 Å². The molecule has 1 aromatic heterocycles. The first kappa shape index (κ1) is 23.8. The number of rotatable bonds is 4. The van der Waals surface area contributed by atoms with Gasteiger partial charge in [0.05, 0.1) is 28.2 Å². The Morgan fingerprint density at radius 2 is 1.56 bits per heavy atom. The molecule has 11 heteroatoms. The lowest BCUT2D eigenvalue weighted by molar-refractivity contribution is -0.136. The molecule has 4 aromatic rings. The third kappa shape index (κ3) is 3.87. The van der Waals surface area contributed by atoms with Gasteiger partial charge in [0, 0.05) is 7.05 Å². The molecule has 0 aliphatic carbocycles. The number of aliphatic imine (C=N–C) groups is 1. The van der Waals surface area contributed by atoms with Crippen molar-refractivity contribution in [2.45, 2.75) is 13.1 Å². The lowest BCUT2D eigenvalue weighted by Crippen LogP contribution is -2.37. The van der Waals surface area contributed by atoms with Crippen molar-refractivity contribution in [2.75, 3.05) is 12.1 Å². The van der Waals surface area contributed by atoms with Crippen LogP contribution < -0.4 is 10.4 Å². The summed E-state index contributed by atoms with van der Waals surface area (Å²) in [5.74, 6) is -0.468. The van der Waals surface area contributed by atoms with E-state index < -0.39 is 25.0 Å². The zero-order chi connectivity index (χ0) is 25.7. The van der Waals surface area contributed by atoms with E-state index in [1.54, 1.807) is 37.3 Å². The molecular weight excluding hydrogens is 493 g/mol. The second-order valence-corrected chi connectivity index (χ2v) is 10.6. The van der Waals surface area contributed by atoms with Gasteiger partial charge in [-0.05, 0) is 43.3 Å². The van der Waals surface area contributed by atoms with Crippen LogP contribution in [0.3, 0.4) is 0 Å². The molecule has 2 heterocycles. The van der Waals surface area contributed by atoms with Gasteiger partial charge < -0.3 is 5.09 Å². The number of para-hydroxylation sites is 2. The average molecular weight is 513 g/mol. The number of fused-ring (bicyclic) bond motifs is 1. The fourth-order valence-corrected chi connectivity index (χ4v) is 6.57. The molecule has 0 spiro atoms. The molecule has 3 aromatic carbocycles. The molecule has 1 N–H and O–H groups in total. The number of halogens is 4. The predicted octanol–water partition coefficient (Wildman–Crippen LogP) is 6.29. The van der Waals surface area contributed by atoms with Crippen LogP contribution in [0.25, 0.3) is 5.69 Å². The summed E-state index contributed by atoms with van der Waals surface area (Å²) in [6, 6.07) is 19.5. The van der Waals surface area contributed by atoms with E-state index in [1.165, 1.54) is 52.8 Å². The summed E-state index contributed by atoms with van der Waals surface area (Å²) in [6.07, 6.45) is -4.69. The second-order valence-electron chi connectivity index (χ2n) is 8.18. The fraction of sp³-hybridized carbons (Fsp3) is 0.120. The van der Waals surface area contributed by atoms with Gasteiger partial charge in [0.25, 0.3) is 7.44 Å². The van der Waals surface area contributed by atoms with Crippen molar-refractivity contribution < 1.29 is 22.1 Å². The van der Waals surface area contributed by atoms with Crippen LogP contribution >= 0.6 is 7.44 Å². The molecule has 0 bridgehead atoms. The number of nitrogens with one attached hydrogen (secondary N) is 1. The largest absolute Gasteiger partial charge is 0.418 e. The van der Waals surface area contributed by atoms with Crippen LogP contribution in [0.5, 0.6) is 0 Å². The molecule has 6 nitrogen and oxygen atoms in total. The monoisotopic (exact) mass is 513 g/mol. The number of alkyl halides is 3. The number of anilines is 1. The van der Waals surface area contributed by atoms with Crippen molar-refractivity contribution in [1.29, 1.82) is 0 Å². The highest BCUT2D eigenvalue weighted by Gasteiger charge is 2.45. The molecule has 0 radical (unpaired) electrons. The summed E-state index contributed by atoms with van der Waals surface area (Å²) in [5, 5.41) is 7.32. The van der Waals surface area contributed by atoms with Crippen LogP contribution in [0, 0.1) is 12.7 Å². The number of aromatic nitrogens is 2. The van der Waals surface area contributed by atoms with E-state index >= 15 is 0 Å². The zero-order valence-corrected chi connectivity index (χ0v) is 20.1. The Morgan fingerprint density at radius 3 is 2.25 bits per heavy atom. The van der Waals surface area contributed by atoms with Gasteiger partial charge in [0.2, 0.25) is 0 Å². The van der Waals surface area contributed by atoms with E-state index in [-0.39, 0.29) is 28.2 Å². The Morgan fingerprint density at radius 1 is 0.917 bits per heavy atom. The van der Waals surface area contributed by atoms with Gasteiger partial charge in [-0.25, -0.2) is 14.1 Å². The molecule has 0 unspecified atom stereocenters. The molecular formula is C25H20F4N5OP. The Balaban J connectivity index is 1.78. The van der Waals surface area contributed by atoms with E-state index in [0.717, 1.165) is 6.07 Å². The molecule has 1 atom stereocenters. The summed E-state index contributed by atoms with van der Waals surface area (Å²) < 4.78 is 73.7. The zero-order valence-electron chi connectivity index (χ0n) is 19.2. The van der Waals surface area contributed by atoms with Gasteiger partial charge in [0.1, 0.15) is 17.0 Å². The van der Waals surface area contributed by atoms with Crippen molar-refractivity contribution in [2.24, 2.45) is 4.99 Å². The van der Waals surface area contributed by atoms with Gasteiger partial charge in [0.15, 0.2) is 5.82 Å². The smallest absolute Gasteiger partial charge is 0.316 e. The van der Waals surface area contributed by atoms with Gasteiger partial charge in [-0.2, -0.15) is 18.3 Å². The molecule has 184 valence electrons. The summed E-state index contributed by atoms with van der Waals surface area (Å²) >= 11 is 0. The Labute approximate surface area is 204 Å². The van der Waals surface area contributed by atoms with E-state index in [4.69, 9.17) is 0 Å². The van der Waals surface area contributed by atoms with Crippen LogP contribution in [-0.4, -0.2) is 27.3 Å². The maximum Gasteiger partial charge on any atom is 0.418 e. The van der Waals surface area contributed by atoms with Crippen molar-refractivity contribution in [3.63, 3.8) is 0 Å². The van der Waals surface area contributed by atoms with Gasteiger partial charge in [-0.15, -0.1) is 0 Å². The quantitative estimate of drug-likeness (QED) is 0.257. The summed E-state index contributed by atoms with van der Waals surface area (Å²) in [6.45, 7) is 1.61. The minimum Gasteiger partial charge on any atom is -0.316 e. The van der Waals surface area contributed by atoms with E-state index in [2.05, 4.69) is 15.2 Å². The minimum absolute atomic E-state index is 0.00185. The molecule has 0 amide bonds. The number of amidine groups is 1. The molecule has 0 saturated carbocycles. The maximum atomic E-state index is 14.9. The number of hydrogen-bond donors (Lipinski definition) is 1. The van der Waals surface area contributed by atoms with Crippen LogP contribution in [0.2, 0.25) is 0 Å². The predicted molar refractivity (Wildman–Crippen MR) is 131 cm³/mol. The molecule has 0 fully saturated rings. The summed E-state index contributed by atoms with van der Waals surface area (Å²) in [7, 11) is -2.67. The number of benzene rings is 3. The lowest BCUT2D eigenvalue weighted by atomic mass is 10.2. The summed E-state index contributed by atoms with van der Waals surface area (Å²) in [4.78, 5) is 4.63. The Hall–Kier alpha value is -3.91. The molecule has 36 heavy (non-hydrogen) atoms. The van der Waals surface area contributed by atoms with Crippen LogP contribution in [-0.2, 0) is 10.7 Å². The van der Waals surface area contributed by atoms with Crippen molar-refractivity contribution >= 4 is 30.1 Å². The van der Waals surface area contributed by atoms with Crippen molar-refractivity contribution in [1.82, 2.24) is 14.5 Å². The Kier molecular flexibility index (Phi) is 5.71. The standard InChI is InChI=1S/C25H20F4N5OP/c1-16-22-24(34(31-16)17-10-4-3-5-11-17)30-23(18-12-6-8-14-20(18)26)33(2)36(22,35)32-21-15-9-7-13-19(21)25(27,28)29/h3-15H,1-2H3,(H,32,35)/t36-/m1/s1. The molecule has 1 aliphatic heterocycles. The van der Waals surface area contributed by atoms with Crippen LogP contribution in [0.15, 0.2) is 83.9 Å². The third-order valence-electron chi connectivity index (χ3n) is 5.87. The SMILES string of the molecule is Cc1nn(-c2ccccc2)c2c1[P@@](=O)(Nc1ccccc1C(F)(F)F)N(C)C(c1ccccc1F)=N2. The molecule has 0 saturated heterocycles. The minimum atomic E-state index is -4.69. The van der Waals surface area contributed by atoms with Gasteiger partial charge in [-0.1, -0.05) is 42.5 Å². The highest BCUT2D eigenvalue weighted by Crippen LogP contribution is 2.55. The lowest BCUT2D eigenvalue weighted by Gasteiger charge is -2.35. The van der Waals surface area contributed by atoms with Crippen molar-refractivity contribution in [3.05, 3.63) is 102 Å². The van der Waals surface area contributed by atoms with Crippen LogP contribution in [0.1, 0.15) is 16.8 Å². The van der Waals surface area contributed by atoms with Crippen molar-refractivity contribution in [3.8, 4) is 5.69 Å². The molecule has 5 rings (SSSR count). The molecule has 1 aliphatic rings. The normalized spacial score (nSPS) is 17.5. The van der Waals surface area contributed by atoms with Gasteiger partial charge in [-0.3, -0.25) is 9.24 Å². The van der Waals surface area contributed by atoms with E-state index in [0.29, 0.717) is 11.4 Å². The highest BCUT2D eigenvalue weighted by molar-refractivity contribution is 7.72. The van der Waals surface area contributed by atoms with E-state index in [1.807, 2.05) is 6.07 Å². The second kappa shape index (κ2) is 8.64. The maximum absolute atomic E-state index is 14.9. The fourth-order valence-electron chi connectivity index (χ4n) is 4.17. The summed E-state index contributed by atoms with van der Waals surface area (Å²) in [5.41, 5.74) is -0.371.